The van der Waals surface area contributed by atoms with Crippen LogP contribution in [0.5, 0.6) is 0 Å². The molecule has 1 unspecified atom stereocenters. The molecule has 0 spiro atoms. The smallest absolute Gasteiger partial charge is 0.0851 e. The van der Waals surface area contributed by atoms with Gasteiger partial charge in [-0.1, -0.05) is 58.8 Å². The van der Waals surface area contributed by atoms with Gasteiger partial charge in [-0.25, -0.2) is 0 Å². The molecule has 0 saturated heterocycles. The van der Waals surface area contributed by atoms with E-state index in [0.717, 1.165) is 19.0 Å². The molecule has 0 fully saturated rings. The minimum atomic E-state index is 0.880. The van der Waals surface area contributed by atoms with Crippen LogP contribution in [0.15, 0.2) is 4.99 Å². The maximum Gasteiger partial charge on any atom is 0.0851 e. The fourth-order valence-electron chi connectivity index (χ4n) is 2.53. The Hall–Kier alpha value is -0.530. The molecule has 1 heterocycles. The summed E-state index contributed by atoms with van der Waals surface area (Å²) in [6.07, 6.45) is 13.3. The molecule has 0 bridgehead atoms. The molecule has 1 aliphatic rings. The van der Waals surface area contributed by atoms with Gasteiger partial charge in [0.2, 0.25) is 0 Å². The van der Waals surface area contributed by atoms with Crippen molar-refractivity contribution in [2.45, 2.75) is 65.2 Å². The largest absolute Gasteiger partial charge is 0.361 e. The molecular formula is C15H30N2. The number of nitrogens with zero attached hydrogens (tertiary/aromatic N) is 2. The van der Waals surface area contributed by atoms with E-state index in [0.29, 0.717) is 0 Å². The molecule has 0 N–H and O–H groups in total. The van der Waals surface area contributed by atoms with Crippen molar-refractivity contribution in [3.63, 3.8) is 0 Å². The standard InChI is InChI=1S/C15H30N2/c1-3-5-6-7-8-9-10-15(4-2)13-17-12-11-16-14-17/h14-15H,3-13H2,1-2H3. The van der Waals surface area contributed by atoms with E-state index in [1.54, 1.807) is 0 Å². The summed E-state index contributed by atoms with van der Waals surface area (Å²) < 4.78 is 0. The van der Waals surface area contributed by atoms with Crippen LogP contribution in [0.2, 0.25) is 0 Å². The average molecular weight is 238 g/mol. The molecule has 0 radical (unpaired) electrons. The van der Waals surface area contributed by atoms with E-state index in [1.165, 1.54) is 57.9 Å². The van der Waals surface area contributed by atoms with E-state index in [1.807, 2.05) is 6.34 Å². The third-order valence-corrected chi connectivity index (χ3v) is 3.80. The molecule has 1 aliphatic heterocycles. The highest BCUT2D eigenvalue weighted by Crippen LogP contribution is 2.16. The SMILES string of the molecule is CCCCCCCCC(CC)CN1C=NCC1. The average Bonchev–Trinajstić information content (AvgIpc) is 2.85. The van der Waals surface area contributed by atoms with Crippen LogP contribution in [0.3, 0.4) is 0 Å². The maximum atomic E-state index is 4.28. The lowest BCUT2D eigenvalue weighted by atomic mass is 9.97. The van der Waals surface area contributed by atoms with Gasteiger partial charge in [0.25, 0.3) is 0 Å². The molecule has 0 aromatic heterocycles. The minimum absolute atomic E-state index is 0.880. The van der Waals surface area contributed by atoms with Crippen LogP contribution in [-0.4, -0.2) is 30.9 Å². The topological polar surface area (TPSA) is 15.6 Å². The van der Waals surface area contributed by atoms with Gasteiger partial charge in [-0.15, -0.1) is 0 Å². The van der Waals surface area contributed by atoms with Gasteiger partial charge in [0.15, 0.2) is 0 Å². The lowest BCUT2D eigenvalue weighted by Gasteiger charge is -2.21. The maximum absolute atomic E-state index is 4.28. The van der Waals surface area contributed by atoms with Crippen LogP contribution >= 0.6 is 0 Å². The van der Waals surface area contributed by atoms with E-state index in [4.69, 9.17) is 0 Å². The highest BCUT2D eigenvalue weighted by atomic mass is 15.2. The number of unbranched alkanes of at least 4 members (excludes halogenated alkanes) is 5. The Kier molecular flexibility index (Phi) is 8.12. The Bertz CT molecular complexity index is 201. The monoisotopic (exact) mass is 238 g/mol. The summed E-state index contributed by atoms with van der Waals surface area (Å²) in [5.41, 5.74) is 0. The zero-order chi connectivity index (χ0) is 12.3. The molecule has 100 valence electrons. The van der Waals surface area contributed by atoms with Crippen LogP contribution < -0.4 is 0 Å². The quantitative estimate of drug-likeness (QED) is 0.523. The summed E-state index contributed by atoms with van der Waals surface area (Å²) in [5, 5.41) is 0. The summed E-state index contributed by atoms with van der Waals surface area (Å²) >= 11 is 0. The van der Waals surface area contributed by atoms with Crippen molar-refractivity contribution in [3.05, 3.63) is 0 Å². The summed E-state index contributed by atoms with van der Waals surface area (Å²) in [4.78, 5) is 6.68. The number of hydrogen-bond acceptors (Lipinski definition) is 2. The molecule has 2 heteroatoms. The second kappa shape index (κ2) is 9.49. The minimum Gasteiger partial charge on any atom is -0.361 e. The molecule has 17 heavy (non-hydrogen) atoms. The van der Waals surface area contributed by atoms with E-state index in [9.17, 15) is 0 Å². The molecule has 0 saturated carbocycles. The van der Waals surface area contributed by atoms with Crippen molar-refractivity contribution < 1.29 is 0 Å². The Morgan fingerprint density at radius 2 is 1.88 bits per heavy atom. The molecule has 0 aliphatic carbocycles. The molecule has 0 aromatic rings. The van der Waals surface area contributed by atoms with Crippen molar-refractivity contribution >= 4 is 6.34 Å². The first-order chi connectivity index (χ1) is 8.36. The summed E-state index contributed by atoms with van der Waals surface area (Å²) in [7, 11) is 0. The lowest BCUT2D eigenvalue weighted by molar-refractivity contribution is 0.331. The zero-order valence-corrected chi connectivity index (χ0v) is 11.8. The second-order valence-corrected chi connectivity index (χ2v) is 5.35. The van der Waals surface area contributed by atoms with Gasteiger partial charge in [-0.2, -0.15) is 0 Å². The van der Waals surface area contributed by atoms with Crippen molar-refractivity contribution in [1.82, 2.24) is 4.90 Å². The summed E-state index contributed by atoms with van der Waals surface area (Å²) in [6.45, 7) is 8.00. The van der Waals surface area contributed by atoms with Crippen molar-refractivity contribution in [3.8, 4) is 0 Å². The summed E-state index contributed by atoms with van der Waals surface area (Å²) in [5.74, 6) is 0.880. The first-order valence-electron chi connectivity index (χ1n) is 7.60. The molecule has 1 atom stereocenters. The van der Waals surface area contributed by atoms with E-state index < -0.39 is 0 Å². The number of aliphatic imine (C=N–C) groups is 1. The van der Waals surface area contributed by atoms with Crippen molar-refractivity contribution in [1.29, 1.82) is 0 Å². The van der Waals surface area contributed by atoms with E-state index in [2.05, 4.69) is 23.7 Å². The molecule has 0 aromatic carbocycles. The van der Waals surface area contributed by atoms with Gasteiger partial charge >= 0.3 is 0 Å². The predicted molar refractivity (Wildman–Crippen MR) is 76.7 cm³/mol. The van der Waals surface area contributed by atoms with Crippen LogP contribution in [0.25, 0.3) is 0 Å². The Morgan fingerprint density at radius 1 is 1.12 bits per heavy atom. The van der Waals surface area contributed by atoms with Gasteiger partial charge in [-0.3, -0.25) is 4.99 Å². The van der Waals surface area contributed by atoms with Gasteiger partial charge in [0.1, 0.15) is 0 Å². The Morgan fingerprint density at radius 3 is 2.53 bits per heavy atom. The van der Waals surface area contributed by atoms with Crippen molar-refractivity contribution in [2.75, 3.05) is 19.6 Å². The van der Waals surface area contributed by atoms with E-state index >= 15 is 0 Å². The van der Waals surface area contributed by atoms with Gasteiger partial charge in [-0.05, 0) is 12.3 Å². The van der Waals surface area contributed by atoms with Crippen LogP contribution in [0.4, 0.5) is 0 Å². The van der Waals surface area contributed by atoms with E-state index in [-0.39, 0.29) is 0 Å². The zero-order valence-electron chi connectivity index (χ0n) is 11.8. The van der Waals surface area contributed by atoms with Crippen LogP contribution in [-0.2, 0) is 0 Å². The van der Waals surface area contributed by atoms with Gasteiger partial charge < -0.3 is 4.90 Å². The fourth-order valence-corrected chi connectivity index (χ4v) is 2.53. The predicted octanol–water partition coefficient (Wildman–Crippen LogP) is 4.11. The fraction of sp³-hybridized carbons (Fsp3) is 0.933. The first-order valence-corrected chi connectivity index (χ1v) is 7.60. The Labute approximate surface area is 107 Å². The van der Waals surface area contributed by atoms with Crippen molar-refractivity contribution in [2.24, 2.45) is 10.9 Å². The molecule has 2 nitrogen and oxygen atoms in total. The highest BCUT2D eigenvalue weighted by Gasteiger charge is 2.12. The normalized spacial score (nSPS) is 16.7. The third-order valence-electron chi connectivity index (χ3n) is 3.80. The van der Waals surface area contributed by atoms with Gasteiger partial charge in [0, 0.05) is 13.1 Å². The first kappa shape index (κ1) is 14.5. The Balaban J connectivity index is 2.00. The summed E-state index contributed by atoms with van der Waals surface area (Å²) in [6, 6.07) is 0. The number of hydrogen-bond donors (Lipinski definition) is 0. The molecule has 1 rings (SSSR count). The molecular weight excluding hydrogens is 208 g/mol. The second-order valence-electron chi connectivity index (χ2n) is 5.35. The van der Waals surface area contributed by atoms with Gasteiger partial charge in [0.05, 0.1) is 12.9 Å². The number of rotatable bonds is 10. The third kappa shape index (κ3) is 6.70. The van der Waals surface area contributed by atoms with Crippen LogP contribution in [0, 0.1) is 5.92 Å². The van der Waals surface area contributed by atoms with Crippen LogP contribution in [0.1, 0.15) is 65.2 Å². The highest BCUT2D eigenvalue weighted by molar-refractivity contribution is 5.56. The lowest BCUT2D eigenvalue weighted by Crippen LogP contribution is -2.26. The molecule has 0 amide bonds.